The Hall–Kier alpha value is -3.14. The number of ether oxygens (including phenoxy) is 1. The molecule has 0 bridgehead atoms. The third-order valence-corrected chi connectivity index (χ3v) is 4.62. The zero-order valence-corrected chi connectivity index (χ0v) is 16.7. The van der Waals surface area contributed by atoms with Gasteiger partial charge < -0.3 is 9.64 Å². The topological polar surface area (TPSA) is 42.4 Å². The molecule has 0 saturated heterocycles. The Labute approximate surface area is 166 Å². The van der Waals surface area contributed by atoms with E-state index in [1.807, 2.05) is 36.5 Å². The van der Waals surface area contributed by atoms with Gasteiger partial charge in [-0.2, -0.15) is 0 Å². The summed E-state index contributed by atoms with van der Waals surface area (Å²) in [6.07, 6.45) is 5.17. The maximum atomic E-state index is 11.6. The highest BCUT2D eigenvalue weighted by molar-refractivity contribution is 5.89. The number of fused-ring (bicyclic) bond motifs is 1. The third-order valence-electron chi connectivity index (χ3n) is 4.62. The Morgan fingerprint density at radius 2 is 1.89 bits per heavy atom. The maximum Gasteiger partial charge on any atom is 0.337 e. The van der Waals surface area contributed by atoms with E-state index in [0.717, 1.165) is 41.7 Å². The number of carbonyl (C=O) groups is 1. The molecule has 0 N–H and O–H groups in total. The van der Waals surface area contributed by atoms with E-state index in [1.165, 1.54) is 12.7 Å². The first-order chi connectivity index (χ1) is 13.6. The molecule has 4 heteroatoms. The second-order valence-corrected chi connectivity index (χ2v) is 6.91. The smallest absolute Gasteiger partial charge is 0.337 e. The lowest BCUT2D eigenvalue weighted by atomic mass is 10.1. The van der Waals surface area contributed by atoms with Crippen molar-refractivity contribution in [1.82, 2.24) is 4.98 Å². The molecule has 0 amide bonds. The summed E-state index contributed by atoms with van der Waals surface area (Å²) in [5.41, 5.74) is 5.02. The normalized spacial score (nSPS) is 11.5. The number of anilines is 1. The van der Waals surface area contributed by atoms with Crippen LogP contribution in [-0.2, 0) is 4.74 Å². The predicted octanol–water partition coefficient (Wildman–Crippen LogP) is 5.34. The van der Waals surface area contributed by atoms with Crippen LogP contribution >= 0.6 is 0 Å². The van der Waals surface area contributed by atoms with Crippen molar-refractivity contribution in [1.29, 1.82) is 0 Å². The van der Waals surface area contributed by atoms with Gasteiger partial charge in [-0.05, 0) is 43.2 Å². The molecule has 0 aliphatic rings. The fourth-order valence-corrected chi connectivity index (χ4v) is 3.27. The van der Waals surface area contributed by atoms with E-state index in [9.17, 15) is 4.79 Å². The zero-order chi connectivity index (χ0) is 19.9. The monoisotopic (exact) mass is 374 g/mol. The number of para-hydroxylation sites is 1. The summed E-state index contributed by atoms with van der Waals surface area (Å²) >= 11 is 0. The van der Waals surface area contributed by atoms with E-state index < -0.39 is 0 Å². The molecule has 0 atom stereocenters. The number of hydrogen-bond acceptors (Lipinski definition) is 4. The van der Waals surface area contributed by atoms with Gasteiger partial charge in [0.2, 0.25) is 0 Å². The van der Waals surface area contributed by atoms with Crippen LogP contribution < -0.4 is 4.90 Å². The Kier molecular flexibility index (Phi) is 6.43. The van der Waals surface area contributed by atoms with Gasteiger partial charge in [-0.15, -0.1) is 0 Å². The number of pyridine rings is 1. The van der Waals surface area contributed by atoms with Crippen LogP contribution in [0.3, 0.4) is 0 Å². The molecule has 0 aliphatic carbocycles. The first-order valence-electron chi connectivity index (χ1n) is 9.56. The summed E-state index contributed by atoms with van der Waals surface area (Å²) in [7, 11) is 1.39. The number of rotatable bonds is 7. The lowest BCUT2D eigenvalue weighted by molar-refractivity contribution is 0.0600. The van der Waals surface area contributed by atoms with Gasteiger partial charge in [-0.1, -0.05) is 48.9 Å². The van der Waals surface area contributed by atoms with Gasteiger partial charge in [0.1, 0.15) is 0 Å². The van der Waals surface area contributed by atoms with E-state index in [2.05, 4.69) is 41.9 Å². The van der Waals surface area contributed by atoms with E-state index >= 15 is 0 Å². The molecule has 0 saturated carbocycles. The summed E-state index contributed by atoms with van der Waals surface area (Å²) in [6.45, 7) is 6.11. The molecule has 0 spiro atoms. The number of benzene rings is 2. The standard InChI is InChI=1S/C24H26N2O2/c1-4-13-26(22-15-21-7-5-6-8-23(21)25-16-22)17-18(2)14-19-9-11-20(12-10-19)24(27)28-3/h5-12,14-16H,4,13,17H2,1-3H3/b18-14+. The van der Waals surface area contributed by atoms with Crippen molar-refractivity contribution in [2.75, 3.05) is 25.1 Å². The largest absolute Gasteiger partial charge is 0.465 e. The van der Waals surface area contributed by atoms with Crippen molar-refractivity contribution < 1.29 is 9.53 Å². The Morgan fingerprint density at radius 3 is 2.61 bits per heavy atom. The van der Waals surface area contributed by atoms with E-state index in [1.54, 1.807) is 12.1 Å². The second-order valence-electron chi connectivity index (χ2n) is 6.91. The van der Waals surface area contributed by atoms with Gasteiger partial charge in [0, 0.05) is 18.5 Å². The molecule has 144 valence electrons. The molecule has 0 radical (unpaired) electrons. The number of methoxy groups -OCH3 is 1. The summed E-state index contributed by atoms with van der Waals surface area (Å²) < 4.78 is 4.75. The average Bonchev–Trinajstić information content (AvgIpc) is 2.73. The van der Waals surface area contributed by atoms with Crippen LogP contribution in [-0.4, -0.2) is 31.2 Å². The van der Waals surface area contributed by atoms with Gasteiger partial charge in [-0.25, -0.2) is 4.79 Å². The molecule has 1 heterocycles. The molecular formula is C24H26N2O2. The molecule has 3 rings (SSSR count). The Balaban J connectivity index is 1.78. The van der Waals surface area contributed by atoms with Crippen LogP contribution in [0.4, 0.5) is 5.69 Å². The second kappa shape index (κ2) is 9.18. The summed E-state index contributed by atoms with van der Waals surface area (Å²) in [6, 6.07) is 17.9. The molecule has 1 aromatic heterocycles. The highest BCUT2D eigenvalue weighted by atomic mass is 16.5. The van der Waals surface area contributed by atoms with Gasteiger partial charge >= 0.3 is 5.97 Å². The number of hydrogen-bond donors (Lipinski definition) is 0. The highest BCUT2D eigenvalue weighted by Crippen LogP contribution is 2.21. The van der Waals surface area contributed by atoms with Crippen molar-refractivity contribution in [3.63, 3.8) is 0 Å². The summed E-state index contributed by atoms with van der Waals surface area (Å²) in [5.74, 6) is -0.315. The first kappa shape index (κ1) is 19.6. The van der Waals surface area contributed by atoms with Crippen LogP contribution in [0.25, 0.3) is 17.0 Å². The van der Waals surface area contributed by atoms with Crippen molar-refractivity contribution in [2.24, 2.45) is 0 Å². The van der Waals surface area contributed by atoms with E-state index in [4.69, 9.17) is 4.74 Å². The fraction of sp³-hybridized carbons (Fsp3) is 0.250. The van der Waals surface area contributed by atoms with Gasteiger partial charge in [0.05, 0.1) is 30.1 Å². The number of esters is 1. The highest BCUT2D eigenvalue weighted by Gasteiger charge is 2.09. The molecule has 0 aliphatic heterocycles. The lowest BCUT2D eigenvalue weighted by Crippen LogP contribution is -2.26. The van der Waals surface area contributed by atoms with Crippen LogP contribution in [0.5, 0.6) is 0 Å². The first-order valence-corrected chi connectivity index (χ1v) is 9.56. The molecule has 28 heavy (non-hydrogen) atoms. The summed E-state index contributed by atoms with van der Waals surface area (Å²) in [4.78, 5) is 18.5. The molecule has 3 aromatic rings. The van der Waals surface area contributed by atoms with Gasteiger partial charge in [0.25, 0.3) is 0 Å². The van der Waals surface area contributed by atoms with Crippen LogP contribution in [0.1, 0.15) is 36.2 Å². The van der Waals surface area contributed by atoms with Crippen molar-refractivity contribution >= 4 is 28.6 Å². The number of carbonyl (C=O) groups excluding carboxylic acids is 1. The predicted molar refractivity (Wildman–Crippen MR) is 116 cm³/mol. The minimum absolute atomic E-state index is 0.315. The third kappa shape index (κ3) is 4.77. The van der Waals surface area contributed by atoms with Crippen LogP contribution in [0.2, 0.25) is 0 Å². The average molecular weight is 374 g/mol. The molecule has 2 aromatic carbocycles. The lowest BCUT2D eigenvalue weighted by Gasteiger charge is -2.25. The minimum atomic E-state index is -0.315. The van der Waals surface area contributed by atoms with E-state index in [0.29, 0.717) is 5.56 Å². The van der Waals surface area contributed by atoms with Crippen LogP contribution in [0.15, 0.2) is 66.4 Å². The Bertz CT molecular complexity index is 977. The molecule has 4 nitrogen and oxygen atoms in total. The summed E-state index contributed by atoms with van der Waals surface area (Å²) in [5, 5.41) is 1.15. The zero-order valence-electron chi connectivity index (χ0n) is 16.7. The van der Waals surface area contributed by atoms with Crippen molar-refractivity contribution in [2.45, 2.75) is 20.3 Å². The van der Waals surface area contributed by atoms with E-state index in [-0.39, 0.29) is 5.97 Å². The quantitative estimate of drug-likeness (QED) is 0.524. The van der Waals surface area contributed by atoms with Gasteiger partial charge in [0.15, 0.2) is 0 Å². The Morgan fingerprint density at radius 1 is 1.14 bits per heavy atom. The van der Waals surface area contributed by atoms with Crippen molar-refractivity contribution in [3.05, 3.63) is 77.5 Å². The SMILES string of the molecule is CCCN(C/C(C)=C/c1ccc(C(=O)OC)cc1)c1cnc2ccccc2c1. The van der Waals surface area contributed by atoms with Crippen LogP contribution in [0, 0.1) is 0 Å². The van der Waals surface area contributed by atoms with Gasteiger partial charge in [-0.3, -0.25) is 4.98 Å². The maximum absolute atomic E-state index is 11.6. The molecular weight excluding hydrogens is 348 g/mol. The molecule has 0 fully saturated rings. The molecule has 0 unspecified atom stereocenters. The van der Waals surface area contributed by atoms with Crippen molar-refractivity contribution in [3.8, 4) is 0 Å². The minimum Gasteiger partial charge on any atom is -0.465 e. The fourth-order valence-electron chi connectivity index (χ4n) is 3.27. The number of nitrogens with zero attached hydrogens (tertiary/aromatic N) is 2. The number of aromatic nitrogens is 1.